The van der Waals surface area contributed by atoms with Crippen LogP contribution in [-0.2, 0) is 11.3 Å². The molecular formula is C11H14BrNOS. The number of nitrogens with zero attached hydrogens (tertiary/aromatic N) is 1. The Morgan fingerprint density at radius 1 is 1.60 bits per heavy atom. The lowest BCUT2D eigenvalue weighted by atomic mass is 10.0. The van der Waals surface area contributed by atoms with Gasteiger partial charge in [0.2, 0.25) is 0 Å². The van der Waals surface area contributed by atoms with Crippen LogP contribution >= 0.6 is 27.3 Å². The Morgan fingerprint density at radius 2 is 2.47 bits per heavy atom. The summed E-state index contributed by atoms with van der Waals surface area (Å²) in [6.45, 7) is 1.95. The molecule has 4 heteroatoms. The fraction of sp³-hybridized carbons (Fsp3) is 0.545. The number of carbonyl (C=O) groups is 1. The minimum absolute atomic E-state index is 0.132. The van der Waals surface area contributed by atoms with Crippen LogP contribution in [0.2, 0.25) is 0 Å². The summed E-state index contributed by atoms with van der Waals surface area (Å²) in [5, 5.41) is 2.08. The molecule has 1 saturated heterocycles. The smallest absolute Gasteiger partial charge is 0.137 e. The Labute approximate surface area is 102 Å². The zero-order valence-electron chi connectivity index (χ0n) is 8.49. The average molecular weight is 288 g/mol. The van der Waals surface area contributed by atoms with E-state index in [-0.39, 0.29) is 6.04 Å². The predicted octanol–water partition coefficient (Wildman–Crippen LogP) is 3.06. The molecule has 0 aromatic carbocycles. The highest BCUT2D eigenvalue weighted by atomic mass is 79.9. The van der Waals surface area contributed by atoms with Crippen LogP contribution in [0, 0.1) is 0 Å². The van der Waals surface area contributed by atoms with Crippen LogP contribution in [-0.4, -0.2) is 23.8 Å². The van der Waals surface area contributed by atoms with E-state index in [4.69, 9.17) is 0 Å². The van der Waals surface area contributed by atoms with Gasteiger partial charge in [-0.1, -0.05) is 6.42 Å². The summed E-state index contributed by atoms with van der Waals surface area (Å²) in [6.07, 6.45) is 4.52. The van der Waals surface area contributed by atoms with Gasteiger partial charge in [-0.2, -0.15) is 0 Å². The molecule has 0 saturated carbocycles. The monoisotopic (exact) mass is 287 g/mol. The van der Waals surface area contributed by atoms with Gasteiger partial charge in [0.1, 0.15) is 6.29 Å². The molecule has 2 rings (SSSR count). The fourth-order valence-corrected chi connectivity index (χ4v) is 3.49. The number of carbonyl (C=O) groups excluding carboxylic acids is 1. The third-order valence-corrected chi connectivity index (χ3v) is 4.77. The van der Waals surface area contributed by atoms with Crippen LogP contribution < -0.4 is 0 Å². The Morgan fingerprint density at radius 3 is 3.13 bits per heavy atom. The quantitative estimate of drug-likeness (QED) is 0.797. The number of rotatable bonds is 3. The van der Waals surface area contributed by atoms with Crippen molar-refractivity contribution in [3.05, 3.63) is 20.8 Å². The van der Waals surface area contributed by atoms with E-state index in [1.165, 1.54) is 22.2 Å². The second-order valence-corrected chi connectivity index (χ2v) is 5.72. The fourth-order valence-electron chi connectivity index (χ4n) is 1.99. The Bertz CT molecular complexity index is 339. The summed E-state index contributed by atoms with van der Waals surface area (Å²) < 4.78 is 1.17. The second-order valence-electron chi connectivity index (χ2n) is 3.86. The van der Waals surface area contributed by atoms with Crippen molar-refractivity contribution in [1.82, 2.24) is 4.90 Å². The van der Waals surface area contributed by atoms with E-state index >= 15 is 0 Å². The van der Waals surface area contributed by atoms with Crippen LogP contribution in [0.1, 0.15) is 24.1 Å². The first-order valence-corrected chi connectivity index (χ1v) is 6.89. The van der Waals surface area contributed by atoms with Gasteiger partial charge in [0.15, 0.2) is 0 Å². The third kappa shape index (κ3) is 2.68. The lowest BCUT2D eigenvalue weighted by Crippen LogP contribution is -2.39. The summed E-state index contributed by atoms with van der Waals surface area (Å²) in [5.41, 5.74) is 0. The number of halogens is 1. The van der Waals surface area contributed by atoms with Gasteiger partial charge >= 0.3 is 0 Å². The van der Waals surface area contributed by atoms with Crippen molar-refractivity contribution in [2.24, 2.45) is 0 Å². The number of hydrogen-bond donors (Lipinski definition) is 0. The highest BCUT2D eigenvalue weighted by Crippen LogP contribution is 2.26. The number of piperidine rings is 1. The van der Waals surface area contributed by atoms with E-state index in [9.17, 15) is 4.79 Å². The molecule has 82 valence electrons. The van der Waals surface area contributed by atoms with Gasteiger partial charge in [-0.25, -0.2) is 0 Å². The molecule has 0 radical (unpaired) electrons. The summed E-state index contributed by atoms with van der Waals surface area (Å²) in [4.78, 5) is 14.5. The third-order valence-electron chi connectivity index (χ3n) is 2.86. The van der Waals surface area contributed by atoms with Gasteiger partial charge in [-0.05, 0) is 46.8 Å². The van der Waals surface area contributed by atoms with Crippen LogP contribution in [0.5, 0.6) is 0 Å². The highest BCUT2D eigenvalue weighted by Gasteiger charge is 2.22. The van der Waals surface area contributed by atoms with E-state index in [1.807, 2.05) is 0 Å². The molecule has 0 aliphatic carbocycles. The summed E-state index contributed by atoms with van der Waals surface area (Å²) in [5.74, 6) is 0. The molecule has 0 amide bonds. The van der Waals surface area contributed by atoms with Crippen LogP contribution in [0.25, 0.3) is 0 Å². The van der Waals surface area contributed by atoms with Gasteiger partial charge in [0.05, 0.1) is 6.04 Å². The number of hydrogen-bond acceptors (Lipinski definition) is 3. The first-order valence-electron chi connectivity index (χ1n) is 5.22. The van der Waals surface area contributed by atoms with Crippen molar-refractivity contribution >= 4 is 33.6 Å². The molecule has 1 atom stereocenters. The SMILES string of the molecule is O=CC1CCCCN1Cc1sccc1Br. The number of thiophene rings is 1. The van der Waals surface area contributed by atoms with Crippen molar-refractivity contribution in [2.45, 2.75) is 31.8 Å². The summed E-state index contributed by atoms with van der Waals surface area (Å²) >= 11 is 5.28. The maximum Gasteiger partial charge on any atom is 0.137 e. The van der Waals surface area contributed by atoms with Gasteiger partial charge in [0, 0.05) is 15.9 Å². The second kappa shape index (κ2) is 5.23. The largest absolute Gasteiger partial charge is 0.302 e. The van der Waals surface area contributed by atoms with Crippen molar-refractivity contribution in [3.8, 4) is 0 Å². The normalized spacial score (nSPS) is 22.9. The Hall–Kier alpha value is -0.190. The van der Waals surface area contributed by atoms with Gasteiger partial charge in [-0.15, -0.1) is 11.3 Å². The molecule has 1 unspecified atom stereocenters. The van der Waals surface area contributed by atoms with Crippen molar-refractivity contribution < 1.29 is 4.79 Å². The van der Waals surface area contributed by atoms with E-state index in [1.54, 1.807) is 11.3 Å². The molecule has 1 fully saturated rings. The molecule has 0 spiro atoms. The summed E-state index contributed by atoms with van der Waals surface area (Å²) in [6, 6.07) is 2.20. The minimum Gasteiger partial charge on any atom is -0.302 e. The van der Waals surface area contributed by atoms with Crippen LogP contribution in [0.3, 0.4) is 0 Å². The van der Waals surface area contributed by atoms with Gasteiger partial charge < -0.3 is 4.79 Å². The van der Waals surface area contributed by atoms with E-state index < -0.39 is 0 Å². The number of aldehydes is 1. The topological polar surface area (TPSA) is 20.3 Å². The van der Waals surface area contributed by atoms with Crippen molar-refractivity contribution in [2.75, 3.05) is 6.54 Å². The zero-order valence-corrected chi connectivity index (χ0v) is 10.9. The lowest BCUT2D eigenvalue weighted by Gasteiger charge is -2.31. The minimum atomic E-state index is 0.132. The zero-order chi connectivity index (χ0) is 10.7. The first kappa shape index (κ1) is 11.3. The molecule has 1 aliphatic heterocycles. The maximum atomic E-state index is 10.9. The molecule has 1 aromatic rings. The standard InChI is InChI=1S/C11H14BrNOS/c12-10-4-6-15-11(10)7-13-5-2-1-3-9(13)8-14/h4,6,8-9H,1-3,5,7H2. The van der Waals surface area contributed by atoms with Gasteiger partial charge in [-0.3, -0.25) is 4.90 Å². The molecule has 1 aromatic heterocycles. The van der Waals surface area contributed by atoms with Crippen molar-refractivity contribution in [1.29, 1.82) is 0 Å². The molecule has 15 heavy (non-hydrogen) atoms. The lowest BCUT2D eigenvalue weighted by molar-refractivity contribution is -0.113. The number of likely N-dealkylation sites (tertiary alicyclic amines) is 1. The van der Waals surface area contributed by atoms with Crippen LogP contribution in [0.4, 0.5) is 0 Å². The molecule has 0 bridgehead atoms. The van der Waals surface area contributed by atoms with Crippen LogP contribution in [0.15, 0.2) is 15.9 Å². The summed E-state index contributed by atoms with van der Waals surface area (Å²) in [7, 11) is 0. The van der Waals surface area contributed by atoms with Crippen molar-refractivity contribution in [3.63, 3.8) is 0 Å². The van der Waals surface area contributed by atoms with Gasteiger partial charge in [0.25, 0.3) is 0 Å². The van der Waals surface area contributed by atoms with E-state index in [0.29, 0.717) is 0 Å². The molecule has 0 N–H and O–H groups in total. The molecule has 2 nitrogen and oxygen atoms in total. The molecular weight excluding hydrogens is 274 g/mol. The van der Waals surface area contributed by atoms with E-state index in [0.717, 1.165) is 25.8 Å². The average Bonchev–Trinajstić information content (AvgIpc) is 2.65. The maximum absolute atomic E-state index is 10.9. The first-order chi connectivity index (χ1) is 7.31. The van der Waals surface area contributed by atoms with E-state index in [2.05, 4.69) is 32.3 Å². The Balaban J connectivity index is 2.03. The molecule has 2 heterocycles. The highest BCUT2D eigenvalue weighted by molar-refractivity contribution is 9.10. The Kier molecular flexibility index (Phi) is 3.94. The molecule has 1 aliphatic rings. The predicted molar refractivity (Wildman–Crippen MR) is 66.1 cm³/mol.